The summed E-state index contributed by atoms with van der Waals surface area (Å²) in [5, 5.41) is 9.10. The lowest BCUT2D eigenvalue weighted by atomic mass is 10.0. The lowest BCUT2D eigenvalue weighted by molar-refractivity contribution is 0.277. The van der Waals surface area contributed by atoms with Gasteiger partial charge in [0, 0.05) is 17.2 Å². The summed E-state index contributed by atoms with van der Waals surface area (Å²) < 4.78 is 13.5. The van der Waals surface area contributed by atoms with Gasteiger partial charge in [-0.2, -0.15) is 0 Å². The van der Waals surface area contributed by atoms with Crippen molar-refractivity contribution in [1.82, 2.24) is 4.98 Å². The van der Waals surface area contributed by atoms with Crippen molar-refractivity contribution in [2.75, 3.05) is 0 Å². The molecule has 0 unspecified atom stereocenters. The van der Waals surface area contributed by atoms with Crippen molar-refractivity contribution in [2.24, 2.45) is 0 Å². The van der Waals surface area contributed by atoms with E-state index in [1.165, 1.54) is 18.2 Å². The quantitative estimate of drug-likeness (QED) is 0.807. The van der Waals surface area contributed by atoms with Crippen LogP contribution in [0.4, 0.5) is 4.39 Å². The molecule has 16 heavy (non-hydrogen) atoms. The number of aromatic amines is 1. The van der Waals surface area contributed by atoms with E-state index in [1.807, 2.05) is 0 Å². The molecule has 0 fully saturated rings. The highest BCUT2D eigenvalue weighted by Crippen LogP contribution is 2.23. The number of hydrogen-bond acceptors (Lipinski definition) is 2. The van der Waals surface area contributed by atoms with Gasteiger partial charge in [0.1, 0.15) is 5.82 Å². The van der Waals surface area contributed by atoms with Crippen molar-refractivity contribution in [3.8, 4) is 11.1 Å². The summed E-state index contributed by atoms with van der Waals surface area (Å²) in [6.45, 7) is -0.334. The number of aliphatic hydroxyl groups excluding tert-OH is 1. The fourth-order valence-electron chi connectivity index (χ4n) is 1.57. The third kappa shape index (κ3) is 1.87. The van der Waals surface area contributed by atoms with Gasteiger partial charge >= 0.3 is 0 Å². The SMILES string of the molecule is O=c1ccc(-c2ccccc2F)c(CO)[nH]1. The van der Waals surface area contributed by atoms with Gasteiger partial charge in [0.25, 0.3) is 0 Å². The van der Waals surface area contributed by atoms with Crippen LogP contribution in [0.15, 0.2) is 41.2 Å². The van der Waals surface area contributed by atoms with E-state index < -0.39 is 0 Å². The van der Waals surface area contributed by atoms with Crippen LogP contribution in [-0.2, 0) is 6.61 Å². The summed E-state index contributed by atoms with van der Waals surface area (Å²) in [7, 11) is 0. The van der Waals surface area contributed by atoms with E-state index in [0.29, 0.717) is 16.8 Å². The monoisotopic (exact) mass is 219 g/mol. The normalized spacial score (nSPS) is 10.4. The molecule has 82 valence electrons. The Morgan fingerprint density at radius 1 is 1.12 bits per heavy atom. The Kier molecular flexibility index (Phi) is 2.83. The Hall–Kier alpha value is -1.94. The predicted octanol–water partition coefficient (Wildman–Crippen LogP) is 1.67. The number of H-pyrrole nitrogens is 1. The Balaban J connectivity index is 2.65. The van der Waals surface area contributed by atoms with Gasteiger partial charge in [-0.15, -0.1) is 0 Å². The minimum Gasteiger partial charge on any atom is -0.390 e. The van der Waals surface area contributed by atoms with Crippen molar-refractivity contribution >= 4 is 0 Å². The number of pyridine rings is 1. The molecule has 2 N–H and O–H groups in total. The van der Waals surface area contributed by atoms with Gasteiger partial charge in [0.05, 0.1) is 12.3 Å². The van der Waals surface area contributed by atoms with Gasteiger partial charge in [-0.25, -0.2) is 4.39 Å². The number of nitrogens with one attached hydrogen (secondary N) is 1. The van der Waals surface area contributed by atoms with Crippen LogP contribution in [-0.4, -0.2) is 10.1 Å². The predicted molar refractivity (Wildman–Crippen MR) is 58.4 cm³/mol. The summed E-state index contributed by atoms with van der Waals surface area (Å²) in [6, 6.07) is 9.03. The van der Waals surface area contributed by atoms with Gasteiger partial charge in [-0.05, 0) is 12.1 Å². The van der Waals surface area contributed by atoms with Crippen LogP contribution >= 0.6 is 0 Å². The molecule has 0 amide bonds. The second kappa shape index (κ2) is 4.28. The van der Waals surface area contributed by atoms with E-state index in [-0.39, 0.29) is 18.0 Å². The lowest BCUT2D eigenvalue weighted by Crippen LogP contribution is -2.08. The van der Waals surface area contributed by atoms with Gasteiger partial charge in [-0.1, -0.05) is 18.2 Å². The van der Waals surface area contributed by atoms with Gasteiger partial charge in [0.2, 0.25) is 5.56 Å². The standard InChI is InChI=1S/C12H10FNO2/c13-10-4-2-1-3-8(10)9-5-6-12(16)14-11(9)7-15/h1-6,15H,7H2,(H,14,16). The fraction of sp³-hybridized carbons (Fsp3) is 0.0833. The first-order valence-electron chi connectivity index (χ1n) is 4.80. The van der Waals surface area contributed by atoms with E-state index in [9.17, 15) is 9.18 Å². The molecule has 2 rings (SSSR count). The highest BCUT2D eigenvalue weighted by Gasteiger charge is 2.09. The zero-order chi connectivity index (χ0) is 11.5. The number of halogens is 1. The maximum atomic E-state index is 13.5. The molecule has 1 aromatic carbocycles. The van der Waals surface area contributed by atoms with Crippen molar-refractivity contribution in [2.45, 2.75) is 6.61 Å². The van der Waals surface area contributed by atoms with Gasteiger partial charge < -0.3 is 10.1 Å². The Labute approximate surface area is 91.2 Å². The number of aromatic nitrogens is 1. The van der Waals surface area contributed by atoms with E-state index in [2.05, 4.69) is 4.98 Å². The Morgan fingerprint density at radius 2 is 1.88 bits per heavy atom. The molecule has 0 bridgehead atoms. The minimum atomic E-state index is -0.385. The van der Waals surface area contributed by atoms with E-state index in [0.717, 1.165) is 0 Å². The van der Waals surface area contributed by atoms with Crippen molar-refractivity contribution in [3.05, 3.63) is 58.3 Å². The van der Waals surface area contributed by atoms with Crippen LogP contribution in [0.1, 0.15) is 5.69 Å². The fourth-order valence-corrected chi connectivity index (χ4v) is 1.57. The van der Waals surface area contributed by atoms with Crippen molar-refractivity contribution < 1.29 is 9.50 Å². The zero-order valence-corrected chi connectivity index (χ0v) is 8.40. The highest BCUT2D eigenvalue weighted by molar-refractivity contribution is 5.66. The molecule has 0 saturated heterocycles. The summed E-state index contributed by atoms with van der Waals surface area (Å²) in [4.78, 5) is 13.5. The third-order valence-corrected chi connectivity index (χ3v) is 2.32. The first kappa shape index (κ1) is 10.6. The van der Waals surface area contributed by atoms with Crippen molar-refractivity contribution in [1.29, 1.82) is 0 Å². The average Bonchev–Trinajstić information content (AvgIpc) is 2.30. The largest absolute Gasteiger partial charge is 0.390 e. The molecule has 0 atom stereocenters. The molecule has 0 aliphatic heterocycles. The minimum absolute atomic E-state index is 0.316. The number of hydrogen-bond donors (Lipinski definition) is 2. The van der Waals surface area contributed by atoms with E-state index in [4.69, 9.17) is 5.11 Å². The molecular formula is C12H10FNO2. The number of rotatable bonds is 2. The summed E-state index contributed by atoms with van der Waals surface area (Å²) in [6.07, 6.45) is 0. The van der Waals surface area contributed by atoms with Crippen LogP contribution in [0.2, 0.25) is 0 Å². The van der Waals surface area contributed by atoms with Gasteiger partial charge in [0.15, 0.2) is 0 Å². The smallest absolute Gasteiger partial charge is 0.248 e. The topological polar surface area (TPSA) is 53.1 Å². The molecule has 1 aromatic heterocycles. The van der Waals surface area contributed by atoms with Crippen LogP contribution in [0, 0.1) is 5.82 Å². The molecule has 4 heteroatoms. The maximum Gasteiger partial charge on any atom is 0.248 e. The van der Waals surface area contributed by atoms with E-state index in [1.54, 1.807) is 18.2 Å². The van der Waals surface area contributed by atoms with Crippen LogP contribution in [0.5, 0.6) is 0 Å². The molecule has 0 saturated carbocycles. The molecular weight excluding hydrogens is 209 g/mol. The second-order valence-corrected chi connectivity index (χ2v) is 3.35. The highest BCUT2D eigenvalue weighted by atomic mass is 19.1. The molecule has 2 aromatic rings. The second-order valence-electron chi connectivity index (χ2n) is 3.35. The molecule has 3 nitrogen and oxygen atoms in total. The zero-order valence-electron chi connectivity index (χ0n) is 8.40. The molecule has 0 spiro atoms. The summed E-state index contributed by atoms with van der Waals surface area (Å²) in [5.74, 6) is -0.385. The Bertz CT molecular complexity index is 563. The first-order chi connectivity index (χ1) is 7.72. The number of aliphatic hydroxyl groups is 1. The van der Waals surface area contributed by atoms with Crippen LogP contribution in [0.25, 0.3) is 11.1 Å². The third-order valence-electron chi connectivity index (χ3n) is 2.32. The molecule has 0 aliphatic carbocycles. The Morgan fingerprint density at radius 3 is 2.56 bits per heavy atom. The molecule has 1 heterocycles. The summed E-state index contributed by atoms with van der Waals surface area (Å²) >= 11 is 0. The lowest BCUT2D eigenvalue weighted by Gasteiger charge is -2.07. The van der Waals surface area contributed by atoms with Gasteiger partial charge in [-0.3, -0.25) is 4.79 Å². The average molecular weight is 219 g/mol. The molecule has 0 radical (unpaired) electrons. The van der Waals surface area contributed by atoms with Crippen LogP contribution in [0.3, 0.4) is 0 Å². The first-order valence-corrected chi connectivity index (χ1v) is 4.80. The number of benzene rings is 1. The summed E-state index contributed by atoms with van der Waals surface area (Å²) in [5.41, 5.74) is 0.865. The van der Waals surface area contributed by atoms with Crippen LogP contribution < -0.4 is 5.56 Å². The molecule has 0 aliphatic rings. The van der Waals surface area contributed by atoms with E-state index >= 15 is 0 Å². The van der Waals surface area contributed by atoms with Crippen molar-refractivity contribution in [3.63, 3.8) is 0 Å². The maximum absolute atomic E-state index is 13.5.